The van der Waals surface area contributed by atoms with Crippen molar-refractivity contribution in [2.45, 2.75) is 51.2 Å². The lowest BCUT2D eigenvalue weighted by atomic mass is 9.99. The Morgan fingerprint density at radius 2 is 1.15 bits per heavy atom. The van der Waals surface area contributed by atoms with Gasteiger partial charge in [-0.15, -0.1) is 0 Å². The lowest BCUT2D eigenvalue weighted by Gasteiger charge is -2.26. The van der Waals surface area contributed by atoms with Crippen molar-refractivity contribution in [3.8, 4) is 23.0 Å². The Kier molecular flexibility index (Phi) is 7.87. The van der Waals surface area contributed by atoms with E-state index in [1.807, 2.05) is 78.9 Å². The number of nitrogens with one attached hydrogen (secondary N) is 2. The maximum atomic E-state index is 6.18. The molecule has 2 atom stereocenters. The Balaban J connectivity index is 0.000000168. The monoisotopic (exact) mass is 537 g/mol. The van der Waals surface area contributed by atoms with Crippen molar-refractivity contribution >= 4 is 17.3 Å². The number of hydrogen-bond acceptors (Lipinski definition) is 4. The number of fused-ring (bicyclic) bond motifs is 4. The summed E-state index contributed by atoms with van der Waals surface area (Å²) in [7, 11) is 0. The molecule has 6 rings (SSSR count). The molecule has 0 bridgehead atoms. The minimum absolute atomic E-state index is 0.0137. The van der Waals surface area contributed by atoms with E-state index in [0.717, 1.165) is 47.0 Å². The Bertz CT molecular complexity index is 1460. The van der Waals surface area contributed by atoms with Crippen molar-refractivity contribution in [1.29, 1.82) is 0 Å². The number of ether oxygens (including phenoxy) is 2. The van der Waals surface area contributed by atoms with Crippen molar-refractivity contribution in [3.05, 3.63) is 119 Å². The first-order chi connectivity index (χ1) is 18.8. The topological polar surface area (TPSA) is 68.5 Å². The Labute approximate surface area is 236 Å². The molecule has 0 amide bonds. The van der Waals surface area contributed by atoms with Gasteiger partial charge in [0.1, 0.15) is 23.0 Å². The van der Waals surface area contributed by atoms with Gasteiger partial charge < -0.3 is 25.8 Å². The van der Waals surface area contributed by atoms with Crippen LogP contribution in [-0.4, -0.2) is 10.7 Å². The molecule has 0 spiro atoms. The summed E-state index contributed by atoms with van der Waals surface area (Å²) >= 11 is 5.49. The number of hydrogen-bond donors (Lipinski definition) is 3. The summed E-state index contributed by atoms with van der Waals surface area (Å²) in [6.07, 6.45) is 1.66. The van der Waals surface area contributed by atoms with Gasteiger partial charge in [-0.25, -0.2) is 0 Å². The summed E-state index contributed by atoms with van der Waals surface area (Å²) in [4.78, 5) is 0. The van der Waals surface area contributed by atoms with E-state index >= 15 is 0 Å². The van der Waals surface area contributed by atoms with Crippen LogP contribution in [-0.2, 0) is 12.8 Å². The van der Waals surface area contributed by atoms with Crippen LogP contribution in [0.5, 0.6) is 23.0 Å². The fraction of sp³-hybridized carbons (Fsp3) is 0.242. The highest BCUT2D eigenvalue weighted by atomic mass is 32.1. The molecule has 0 saturated heterocycles. The van der Waals surface area contributed by atoms with Crippen molar-refractivity contribution in [2.75, 3.05) is 0 Å². The van der Waals surface area contributed by atoms with E-state index in [9.17, 15) is 0 Å². The van der Waals surface area contributed by atoms with Gasteiger partial charge in [-0.1, -0.05) is 72.8 Å². The van der Waals surface area contributed by atoms with Crippen LogP contribution >= 0.6 is 12.2 Å². The molecule has 200 valence electrons. The first-order valence-electron chi connectivity index (χ1n) is 13.3. The average Bonchev–Trinajstić information content (AvgIpc) is 3.15. The van der Waals surface area contributed by atoms with E-state index < -0.39 is 0 Å². The molecule has 39 heavy (non-hydrogen) atoms. The molecule has 5 nitrogen and oxygen atoms in total. The van der Waals surface area contributed by atoms with Gasteiger partial charge in [0.15, 0.2) is 5.11 Å². The predicted octanol–water partition coefficient (Wildman–Crippen LogP) is 7.37. The van der Waals surface area contributed by atoms with Crippen LogP contribution in [0, 0.1) is 0 Å². The number of rotatable bonds is 1. The Morgan fingerprint density at radius 3 is 1.74 bits per heavy atom. The molecule has 0 aromatic heterocycles. The van der Waals surface area contributed by atoms with Crippen LogP contribution in [0.4, 0.5) is 0 Å². The molecule has 4 aromatic carbocycles. The largest absolute Gasteiger partial charge is 0.457 e. The van der Waals surface area contributed by atoms with Crippen molar-refractivity contribution in [1.82, 2.24) is 10.6 Å². The molecule has 2 heterocycles. The SMILES string of the molecule is CC(C)(C)NC(=S)NC1Cc2ccccc2Oc2ccccc21.NC1Cc2ccccc2Oc2ccccc21. The highest BCUT2D eigenvalue weighted by Gasteiger charge is 2.24. The number of benzene rings is 4. The zero-order valence-electron chi connectivity index (χ0n) is 22.6. The summed E-state index contributed by atoms with van der Waals surface area (Å²) in [6.45, 7) is 6.29. The normalized spacial score (nSPS) is 17.0. The highest BCUT2D eigenvalue weighted by Crippen LogP contribution is 2.38. The van der Waals surface area contributed by atoms with E-state index in [-0.39, 0.29) is 17.6 Å². The van der Waals surface area contributed by atoms with Gasteiger partial charge in [0.05, 0.1) is 6.04 Å². The lowest BCUT2D eigenvalue weighted by Crippen LogP contribution is -2.47. The summed E-state index contributed by atoms with van der Waals surface area (Å²) < 4.78 is 12.0. The molecular weight excluding hydrogens is 502 g/mol. The minimum atomic E-state index is -0.0667. The van der Waals surface area contributed by atoms with Gasteiger partial charge in [-0.05, 0) is 74.8 Å². The minimum Gasteiger partial charge on any atom is -0.457 e. The molecule has 2 aliphatic heterocycles. The van der Waals surface area contributed by atoms with E-state index in [4.69, 9.17) is 27.4 Å². The molecule has 0 saturated carbocycles. The van der Waals surface area contributed by atoms with Crippen LogP contribution in [0.25, 0.3) is 0 Å². The number of para-hydroxylation sites is 4. The smallest absolute Gasteiger partial charge is 0.167 e. The zero-order chi connectivity index (χ0) is 27.4. The van der Waals surface area contributed by atoms with Crippen LogP contribution < -0.4 is 25.8 Å². The molecule has 4 N–H and O–H groups in total. The summed E-state index contributed by atoms with van der Waals surface area (Å²) in [5, 5.41) is 7.44. The molecule has 4 aromatic rings. The molecular formula is C33H35N3O2S. The van der Waals surface area contributed by atoms with Crippen LogP contribution in [0.3, 0.4) is 0 Å². The van der Waals surface area contributed by atoms with E-state index in [1.54, 1.807) is 0 Å². The third-order valence-electron chi connectivity index (χ3n) is 6.66. The van der Waals surface area contributed by atoms with Crippen LogP contribution in [0.15, 0.2) is 97.1 Å². The second-order valence-corrected chi connectivity index (χ2v) is 11.3. The average molecular weight is 538 g/mol. The van der Waals surface area contributed by atoms with E-state index in [0.29, 0.717) is 5.11 Å². The number of thiocarbonyl (C=S) groups is 1. The maximum Gasteiger partial charge on any atom is 0.167 e. The molecule has 6 heteroatoms. The Hall–Kier alpha value is -3.87. The van der Waals surface area contributed by atoms with Crippen molar-refractivity contribution < 1.29 is 9.47 Å². The third kappa shape index (κ3) is 6.59. The first kappa shape index (κ1) is 26.7. The van der Waals surface area contributed by atoms with Crippen molar-refractivity contribution in [3.63, 3.8) is 0 Å². The standard InChI is InChI=1S/C19H22N2OS.C14H13NO/c1-19(2,3)21-18(23)20-15-12-13-8-4-6-10-16(13)22-17-11-7-5-9-14(15)17;15-12-9-10-5-1-3-7-13(10)16-14-8-4-2-6-11(12)14/h4-11,15H,12H2,1-3H3,(H2,20,21,23);1-8,12H,9,15H2. The Morgan fingerprint density at radius 1 is 0.692 bits per heavy atom. The predicted molar refractivity (Wildman–Crippen MR) is 162 cm³/mol. The molecule has 2 aliphatic rings. The molecule has 0 radical (unpaired) electrons. The summed E-state index contributed by atoms with van der Waals surface area (Å²) in [5.41, 5.74) is 10.7. The van der Waals surface area contributed by atoms with Gasteiger partial charge in [0.25, 0.3) is 0 Å². The van der Waals surface area contributed by atoms with E-state index in [2.05, 4.69) is 49.6 Å². The molecule has 0 fully saturated rings. The summed E-state index contributed by atoms with van der Waals surface area (Å²) in [6, 6.07) is 32.4. The first-order valence-corrected chi connectivity index (χ1v) is 13.7. The van der Waals surface area contributed by atoms with Gasteiger partial charge in [0.2, 0.25) is 0 Å². The van der Waals surface area contributed by atoms with Gasteiger partial charge >= 0.3 is 0 Å². The fourth-order valence-electron chi connectivity index (χ4n) is 4.86. The zero-order valence-corrected chi connectivity index (χ0v) is 23.4. The highest BCUT2D eigenvalue weighted by molar-refractivity contribution is 7.80. The van der Waals surface area contributed by atoms with Gasteiger partial charge in [-0.2, -0.15) is 0 Å². The van der Waals surface area contributed by atoms with Gasteiger partial charge in [0, 0.05) is 29.1 Å². The second kappa shape index (κ2) is 11.5. The third-order valence-corrected chi connectivity index (χ3v) is 6.88. The lowest BCUT2D eigenvalue weighted by molar-refractivity contribution is 0.476. The summed E-state index contributed by atoms with van der Waals surface area (Å²) in [5.74, 6) is 3.59. The van der Waals surface area contributed by atoms with Crippen LogP contribution in [0.2, 0.25) is 0 Å². The van der Waals surface area contributed by atoms with Gasteiger partial charge in [-0.3, -0.25) is 0 Å². The quantitative estimate of drug-likeness (QED) is 0.220. The fourth-order valence-corrected chi connectivity index (χ4v) is 5.31. The van der Waals surface area contributed by atoms with E-state index in [1.165, 1.54) is 11.1 Å². The van der Waals surface area contributed by atoms with Crippen LogP contribution in [0.1, 0.15) is 55.1 Å². The molecule has 0 aliphatic carbocycles. The van der Waals surface area contributed by atoms with Crippen molar-refractivity contribution in [2.24, 2.45) is 5.73 Å². The maximum absolute atomic E-state index is 6.18. The second-order valence-electron chi connectivity index (χ2n) is 10.9. The number of nitrogens with two attached hydrogens (primary N) is 1. The molecule has 2 unspecified atom stereocenters.